The van der Waals surface area contributed by atoms with Crippen LogP contribution in [-0.2, 0) is 4.74 Å². The quantitative estimate of drug-likeness (QED) is 0.681. The molecule has 2 nitrogen and oxygen atoms in total. The summed E-state index contributed by atoms with van der Waals surface area (Å²) in [5.41, 5.74) is -0.590. The maximum Gasteiger partial charge on any atom is 0.0756 e. The predicted molar refractivity (Wildman–Crippen MR) is 53.6 cm³/mol. The molecule has 0 heterocycles. The Morgan fingerprint density at radius 3 is 2.46 bits per heavy atom. The summed E-state index contributed by atoms with van der Waals surface area (Å²) in [4.78, 5) is 0. The lowest BCUT2D eigenvalue weighted by Gasteiger charge is -2.31. The predicted octanol–water partition coefficient (Wildman–Crippen LogP) is 2.13. The average molecular weight is 184 g/mol. The minimum absolute atomic E-state index is 0.267. The van der Waals surface area contributed by atoms with Gasteiger partial charge in [-0.25, -0.2) is 0 Å². The highest BCUT2D eigenvalue weighted by Gasteiger charge is 2.27. The van der Waals surface area contributed by atoms with Crippen LogP contribution in [0.25, 0.3) is 0 Å². The molecule has 0 radical (unpaired) electrons. The van der Waals surface area contributed by atoms with Crippen LogP contribution in [0.2, 0.25) is 0 Å². The Labute approximate surface area is 80.6 Å². The molecule has 0 fully saturated rings. The Morgan fingerprint density at radius 2 is 2.08 bits per heavy atom. The summed E-state index contributed by atoms with van der Waals surface area (Å²) in [6, 6.07) is 0. The highest BCUT2D eigenvalue weighted by Crippen LogP contribution is 2.28. The fourth-order valence-corrected chi connectivity index (χ4v) is 1.74. The second-order valence-corrected chi connectivity index (χ2v) is 4.22. The fraction of sp³-hybridized carbons (Fsp3) is 0.818. The SMILES string of the molecule is CCOC1C=CC(C(C)(C)O)CC1. The first-order chi connectivity index (χ1) is 6.04. The zero-order valence-electron chi connectivity index (χ0n) is 8.79. The third-order valence-electron chi connectivity index (χ3n) is 2.61. The molecule has 1 aliphatic rings. The molecular formula is C11H20O2. The van der Waals surface area contributed by atoms with Gasteiger partial charge < -0.3 is 9.84 Å². The summed E-state index contributed by atoms with van der Waals surface area (Å²) in [5.74, 6) is 0.282. The maximum atomic E-state index is 9.77. The van der Waals surface area contributed by atoms with Crippen LogP contribution in [0, 0.1) is 5.92 Å². The van der Waals surface area contributed by atoms with Crippen molar-refractivity contribution in [1.82, 2.24) is 0 Å². The Morgan fingerprint density at radius 1 is 1.38 bits per heavy atom. The third kappa shape index (κ3) is 3.12. The van der Waals surface area contributed by atoms with E-state index in [4.69, 9.17) is 4.74 Å². The van der Waals surface area contributed by atoms with Crippen molar-refractivity contribution < 1.29 is 9.84 Å². The van der Waals surface area contributed by atoms with Crippen LogP contribution in [0.1, 0.15) is 33.6 Å². The van der Waals surface area contributed by atoms with Gasteiger partial charge in [0.1, 0.15) is 0 Å². The average Bonchev–Trinajstić information content (AvgIpc) is 2.04. The van der Waals surface area contributed by atoms with Gasteiger partial charge in [0.2, 0.25) is 0 Å². The lowest BCUT2D eigenvalue weighted by atomic mass is 9.82. The maximum absolute atomic E-state index is 9.77. The van der Waals surface area contributed by atoms with Gasteiger partial charge in [0, 0.05) is 12.5 Å². The van der Waals surface area contributed by atoms with E-state index in [-0.39, 0.29) is 12.0 Å². The summed E-state index contributed by atoms with van der Waals surface area (Å²) < 4.78 is 5.48. The molecule has 2 atom stereocenters. The Hall–Kier alpha value is -0.340. The van der Waals surface area contributed by atoms with Crippen molar-refractivity contribution in [3.63, 3.8) is 0 Å². The van der Waals surface area contributed by atoms with Gasteiger partial charge in [-0.2, -0.15) is 0 Å². The molecular weight excluding hydrogens is 164 g/mol. The van der Waals surface area contributed by atoms with Gasteiger partial charge >= 0.3 is 0 Å². The monoisotopic (exact) mass is 184 g/mol. The van der Waals surface area contributed by atoms with Gasteiger partial charge in [-0.05, 0) is 33.6 Å². The molecule has 0 amide bonds. The molecule has 0 aromatic heterocycles. The van der Waals surface area contributed by atoms with Gasteiger partial charge in [-0.3, -0.25) is 0 Å². The first kappa shape index (κ1) is 10.7. The molecule has 0 saturated carbocycles. The number of rotatable bonds is 3. The molecule has 2 unspecified atom stereocenters. The van der Waals surface area contributed by atoms with Gasteiger partial charge in [0.25, 0.3) is 0 Å². The molecule has 0 spiro atoms. The molecule has 0 aromatic rings. The number of hydrogen-bond donors (Lipinski definition) is 1. The summed E-state index contributed by atoms with van der Waals surface area (Å²) in [7, 11) is 0. The van der Waals surface area contributed by atoms with E-state index in [9.17, 15) is 5.11 Å². The van der Waals surface area contributed by atoms with E-state index in [0.717, 1.165) is 19.4 Å². The first-order valence-corrected chi connectivity index (χ1v) is 5.06. The van der Waals surface area contributed by atoms with Gasteiger partial charge in [-0.15, -0.1) is 0 Å². The minimum atomic E-state index is -0.590. The van der Waals surface area contributed by atoms with Crippen molar-refractivity contribution >= 4 is 0 Å². The van der Waals surface area contributed by atoms with Crippen molar-refractivity contribution in [2.45, 2.75) is 45.3 Å². The van der Waals surface area contributed by atoms with Crippen LogP contribution in [0.4, 0.5) is 0 Å². The van der Waals surface area contributed by atoms with E-state index in [2.05, 4.69) is 12.2 Å². The van der Waals surface area contributed by atoms with Crippen LogP contribution in [0.5, 0.6) is 0 Å². The smallest absolute Gasteiger partial charge is 0.0756 e. The Kier molecular flexibility index (Phi) is 3.51. The van der Waals surface area contributed by atoms with Crippen molar-refractivity contribution in [1.29, 1.82) is 0 Å². The summed E-state index contributed by atoms with van der Waals surface area (Å²) in [5, 5.41) is 9.77. The highest BCUT2D eigenvalue weighted by atomic mass is 16.5. The van der Waals surface area contributed by atoms with Crippen LogP contribution in [0.3, 0.4) is 0 Å². The number of aliphatic hydroxyl groups is 1. The van der Waals surface area contributed by atoms with Crippen LogP contribution >= 0.6 is 0 Å². The molecule has 76 valence electrons. The second kappa shape index (κ2) is 4.25. The molecule has 2 heteroatoms. The molecule has 1 N–H and O–H groups in total. The highest BCUT2D eigenvalue weighted by molar-refractivity contribution is 5.03. The lowest BCUT2D eigenvalue weighted by Crippen LogP contribution is -2.32. The van der Waals surface area contributed by atoms with Crippen LogP contribution in [0.15, 0.2) is 12.2 Å². The van der Waals surface area contributed by atoms with Crippen molar-refractivity contribution in [3.8, 4) is 0 Å². The van der Waals surface area contributed by atoms with Crippen molar-refractivity contribution in [2.75, 3.05) is 6.61 Å². The van der Waals surface area contributed by atoms with E-state index >= 15 is 0 Å². The third-order valence-corrected chi connectivity index (χ3v) is 2.61. The number of ether oxygens (including phenoxy) is 1. The molecule has 0 aromatic carbocycles. The van der Waals surface area contributed by atoms with E-state index in [1.807, 2.05) is 20.8 Å². The summed E-state index contributed by atoms with van der Waals surface area (Å²) >= 11 is 0. The molecule has 1 aliphatic carbocycles. The largest absolute Gasteiger partial charge is 0.390 e. The van der Waals surface area contributed by atoms with Crippen molar-refractivity contribution in [2.24, 2.45) is 5.92 Å². The molecule has 13 heavy (non-hydrogen) atoms. The molecule has 1 rings (SSSR count). The standard InChI is InChI=1S/C11H20O2/c1-4-13-10-7-5-9(6-8-10)11(2,3)12/h5,7,9-10,12H,4,6,8H2,1-3H3. The second-order valence-electron chi connectivity index (χ2n) is 4.22. The van der Waals surface area contributed by atoms with E-state index in [1.165, 1.54) is 0 Å². The Balaban J connectivity index is 2.47. The van der Waals surface area contributed by atoms with E-state index < -0.39 is 5.60 Å². The van der Waals surface area contributed by atoms with Crippen LogP contribution in [-0.4, -0.2) is 23.4 Å². The summed E-state index contributed by atoms with van der Waals surface area (Å²) in [6.07, 6.45) is 6.48. The summed E-state index contributed by atoms with van der Waals surface area (Å²) in [6.45, 7) is 6.50. The lowest BCUT2D eigenvalue weighted by molar-refractivity contribution is 0.0157. The molecule has 0 aliphatic heterocycles. The molecule has 0 bridgehead atoms. The minimum Gasteiger partial charge on any atom is -0.390 e. The zero-order chi connectivity index (χ0) is 9.90. The van der Waals surface area contributed by atoms with Gasteiger partial charge in [0.15, 0.2) is 0 Å². The van der Waals surface area contributed by atoms with E-state index in [0.29, 0.717) is 0 Å². The topological polar surface area (TPSA) is 29.5 Å². The fourth-order valence-electron chi connectivity index (χ4n) is 1.74. The van der Waals surface area contributed by atoms with Crippen molar-refractivity contribution in [3.05, 3.63) is 12.2 Å². The number of hydrogen-bond acceptors (Lipinski definition) is 2. The van der Waals surface area contributed by atoms with Crippen LogP contribution < -0.4 is 0 Å². The van der Waals surface area contributed by atoms with Gasteiger partial charge in [0.05, 0.1) is 11.7 Å². The molecule has 0 saturated heterocycles. The van der Waals surface area contributed by atoms with Gasteiger partial charge in [-0.1, -0.05) is 12.2 Å². The normalized spacial score (nSPS) is 29.2. The van der Waals surface area contributed by atoms with E-state index in [1.54, 1.807) is 0 Å². The Bertz CT molecular complexity index is 179. The first-order valence-electron chi connectivity index (χ1n) is 5.06. The zero-order valence-corrected chi connectivity index (χ0v) is 8.79.